The van der Waals surface area contributed by atoms with Crippen molar-refractivity contribution in [2.24, 2.45) is 5.92 Å². The topological polar surface area (TPSA) is 29.9 Å². The Bertz CT molecular complexity index is 414. The highest BCUT2D eigenvalue weighted by molar-refractivity contribution is 5.03. The summed E-state index contributed by atoms with van der Waals surface area (Å²) in [6.07, 6.45) is 17.2. The highest BCUT2D eigenvalue weighted by Gasteiger charge is 2.21. The first kappa shape index (κ1) is 15.1. The number of hydrogen-bond acceptors (Lipinski definition) is 2. The fourth-order valence-electron chi connectivity index (χ4n) is 4.24. The van der Waals surface area contributed by atoms with Crippen LogP contribution in [0, 0.1) is 5.92 Å². The molecule has 1 heterocycles. The Hall–Kier alpha value is -0.830. The van der Waals surface area contributed by atoms with Gasteiger partial charge in [0.2, 0.25) is 0 Å². The molecule has 1 unspecified atom stereocenters. The van der Waals surface area contributed by atoms with Crippen LogP contribution >= 0.6 is 0 Å². The summed E-state index contributed by atoms with van der Waals surface area (Å²) in [7, 11) is 2.11. The van der Waals surface area contributed by atoms with E-state index in [1.807, 2.05) is 0 Å². The predicted octanol–water partition coefficient (Wildman–Crippen LogP) is 4.10. The van der Waals surface area contributed by atoms with Gasteiger partial charge in [0.15, 0.2) is 0 Å². The van der Waals surface area contributed by atoms with Crippen LogP contribution in [-0.4, -0.2) is 22.9 Å². The average Bonchev–Trinajstić information content (AvgIpc) is 3.19. The Morgan fingerprint density at radius 1 is 1.14 bits per heavy atom. The van der Waals surface area contributed by atoms with Gasteiger partial charge in [-0.15, -0.1) is 0 Å². The molecule has 0 aromatic carbocycles. The summed E-state index contributed by atoms with van der Waals surface area (Å²) >= 11 is 0. The van der Waals surface area contributed by atoms with E-state index in [1.54, 1.807) is 0 Å². The second-order valence-electron chi connectivity index (χ2n) is 7.15. The van der Waals surface area contributed by atoms with E-state index in [0.717, 1.165) is 12.3 Å². The van der Waals surface area contributed by atoms with Crippen molar-refractivity contribution in [1.29, 1.82) is 0 Å². The van der Waals surface area contributed by atoms with E-state index in [-0.39, 0.29) is 0 Å². The molecule has 21 heavy (non-hydrogen) atoms. The quantitative estimate of drug-likeness (QED) is 0.854. The second-order valence-corrected chi connectivity index (χ2v) is 7.15. The van der Waals surface area contributed by atoms with Gasteiger partial charge >= 0.3 is 0 Å². The second kappa shape index (κ2) is 7.44. The molecule has 2 aliphatic carbocycles. The Labute approximate surface area is 129 Å². The number of aromatic nitrogens is 2. The molecule has 3 nitrogen and oxygen atoms in total. The first-order valence-electron chi connectivity index (χ1n) is 9.06. The summed E-state index contributed by atoms with van der Waals surface area (Å²) in [5.41, 5.74) is 1.28. The highest BCUT2D eigenvalue weighted by Crippen LogP contribution is 2.30. The SMILES string of the molecule is CNC(Cc1ccn(C2CCCCC2)n1)CC1CCCC1. The highest BCUT2D eigenvalue weighted by atomic mass is 15.3. The van der Waals surface area contributed by atoms with Crippen LogP contribution in [0.1, 0.15) is 75.9 Å². The molecule has 2 aliphatic rings. The van der Waals surface area contributed by atoms with Gasteiger partial charge in [0.1, 0.15) is 0 Å². The summed E-state index contributed by atoms with van der Waals surface area (Å²) in [4.78, 5) is 0. The van der Waals surface area contributed by atoms with Gasteiger partial charge in [-0.2, -0.15) is 5.10 Å². The van der Waals surface area contributed by atoms with E-state index in [0.29, 0.717) is 12.1 Å². The van der Waals surface area contributed by atoms with Crippen molar-refractivity contribution in [3.8, 4) is 0 Å². The van der Waals surface area contributed by atoms with Crippen LogP contribution in [0.15, 0.2) is 12.3 Å². The maximum atomic E-state index is 4.87. The molecule has 1 atom stereocenters. The van der Waals surface area contributed by atoms with Gasteiger partial charge in [-0.25, -0.2) is 0 Å². The van der Waals surface area contributed by atoms with Gasteiger partial charge in [-0.1, -0.05) is 44.9 Å². The van der Waals surface area contributed by atoms with Gasteiger partial charge in [0.25, 0.3) is 0 Å². The van der Waals surface area contributed by atoms with Crippen LogP contribution < -0.4 is 5.32 Å². The smallest absolute Gasteiger partial charge is 0.0640 e. The maximum absolute atomic E-state index is 4.87. The number of nitrogens with one attached hydrogen (secondary N) is 1. The molecule has 0 aliphatic heterocycles. The minimum Gasteiger partial charge on any atom is -0.317 e. The molecule has 1 aromatic heterocycles. The number of nitrogens with zero attached hydrogens (tertiary/aromatic N) is 2. The first-order valence-corrected chi connectivity index (χ1v) is 9.06. The fourth-order valence-corrected chi connectivity index (χ4v) is 4.24. The predicted molar refractivity (Wildman–Crippen MR) is 87.5 cm³/mol. The molecule has 0 amide bonds. The zero-order chi connectivity index (χ0) is 14.5. The minimum absolute atomic E-state index is 0.600. The van der Waals surface area contributed by atoms with Gasteiger partial charge in [-0.3, -0.25) is 4.68 Å². The molecule has 3 rings (SSSR count). The van der Waals surface area contributed by atoms with Gasteiger partial charge in [0, 0.05) is 18.7 Å². The molecule has 1 N–H and O–H groups in total. The van der Waals surface area contributed by atoms with Crippen molar-refractivity contribution in [2.45, 2.75) is 82.7 Å². The van der Waals surface area contributed by atoms with Crippen LogP contribution in [0.4, 0.5) is 0 Å². The van der Waals surface area contributed by atoms with Crippen molar-refractivity contribution >= 4 is 0 Å². The maximum Gasteiger partial charge on any atom is 0.0640 e. The summed E-state index contributed by atoms with van der Waals surface area (Å²) in [5.74, 6) is 0.947. The standard InChI is InChI=1S/C18H31N3/c1-19-17(13-15-7-5-6-8-15)14-16-11-12-21(20-16)18-9-3-2-4-10-18/h11-12,15,17-19H,2-10,13-14H2,1H3. The van der Waals surface area contributed by atoms with Crippen molar-refractivity contribution in [1.82, 2.24) is 15.1 Å². The number of rotatable bonds is 6. The van der Waals surface area contributed by atoms with Crippen LogP contribution in [0.3, 0.4) is 0 Å². The zero-order valence-electron chi connectivity index (χ0n) is 13.6. The number of hydrogen-bond donors (Lipinski definition) is 1. The molecule has 118 valence electrons. The van der Waals surface area contributed by atoms with Gasteiger partial charge < -0.3 is 5.32 Å². The molecule has 0 bridgehead atoms. The summed E-state index contributed by atoms with van der Waals surface area (Å²) in [6.45, 7) is 0. The third kappa shape index (κ3) is 4.09. The molecule has 1 aromatic rings. The lowest BCUT2D eigenvalue weighted by Gasteiger charge is -2.22. The Balaban J connectivity index is 1.54. The molecular formula is C18H31N3. The molecular weight excluding hydrogens is 258 g/mol. The van der Waals surface area contributed by atoms with Crippen LogP contribution in [0.5, 0.6) is 0 Å². The van der Waals surface area contributed by atoms with E-state index in [1.165, 1.54) is 69.9 Å². The molecule has 2 saturated carbocycles. The first-order chi connectivity index (χ1) is 10.3. The Kier molecular flexibility index (Phi) is 5.34. The third-order valence-electron chi connectivity index (χ3n) is 5.57. The molecule has 0 saturated heterocycles. The molecule has 0 spiro atoms. The Morgan fingerprint density at radius 3 is 2.57 bits per heavy atom. The van der Waals surface area contributed by atoms with Crippen LogP contribution in [-0.2, 0) is 6.42 Å². The lowest BCUT2D eigenvalue weighted by molar-refractivity contribution is 0.326. The number of likely N-dealkylation sites (N-methyl/N-ethyl adjacent to an activating group) is 1. The van der Waals surface area contributed by atoms with Crippen LogP contribution in [0.25, 0.3) is 0 Å². The summed E-state index contributed by atoms with van der Waals surface area (Å²) in [6, 6.07) is 3.51. The largest absolute Gasteiger partial charge is 0.317 e. The average molecular weight is 289 g/mol. The van der Waals surface area contributed by atoms with E-state index < -0.39 is 0 Å². The molecule has 3 heteroatoms. The molecule has 2 fully saturated rings. The van der Waals surface area contributed by atoms with Crippen LogP contribution in [0.2, 0.25) is 0 Å². The lowest BCUT2D eigenvalue weighted by atomic mass is 9.96. The fraction of sp³-hybridized carbons (Fsp3) is 0.833. The van der Waals surface area contributed by atoms with Crippen molar-refractivity contribution in [3.63, 3.8) is 0 Å². The normalized spacial score (nSPS) is 22.7. The lowest BCUT2D eigenvalue weighted by Crippen LogP contribution is -2.30. The summed E-state index contributed by atoms with van der Waals surface area (Å²) < 4.78 is 2.25. The van der Waals surface area contributed by atoms with Crippen molar-refractivity contribution in [2.75, 3.05) is 7.05 Å². The molecule has 0 radical (unpaired) electrons. The van der Waals surface area contributed by atoms with E-state index in [2.05, 4.69) is 29.3 Å². The van der Waals surface area contributed by atoms with E-state index >= 15 is 0 Å². The van der Waals surface area contributed by atoms with Crippen molar-refractivity contribution < 1.29 is 0 Å². The monoisotopic (exact) mass is 289 g/mol. The van der Waals surface area contributed by atoms with Crippen molar-refractivity contribution in [3.05, 3.63) is 18.0 Å². The van der Waals surface area contributed by atoms with Gasteiger partial charge in [0.05, 0.1) is 11.7 Å². The zero-order valence-corrected chi connectivity index (χ0v) is 13.6. The van der Waals surface area contributed by atoms with Gasteiger partial charge in [-0.05, 0) is 38.3 Å². The minimum atomic E-state index is 0.600. The third-order valence-corrected chi connectivity index (χ3v) is 5.57. The Morgan fingerprint density at radius 2 is 1.86 bits per heavy atom. The van der Waals surface area contributed by atoms with E-state index in [9.17, 15) is 0 Å². The summed E-state index contributed by atoms with van der Waals surface area (Å²) in [5, 5.41) is 8.39. The van der Waals surface area contributed by atoms with E-state index in [4.69, 9.17) is 5.10 Å².